The molecule has 1 N–H and O–H groups in total. The zero-order valence-corrected chi connectivity index (χ0v) is 10.4. The molecule has 2 nitrogen and oxygen atoms in total. The quantitative estimate of drug-likeness (QED) is 0.851. The van der Waals surface area contributed by atoms with Crippen LogP contribution < -0.4 is 0 Å². The molecule has 0 amide bonds. The third kappa shape index (κ3) is 2.76. The van der Waals surface area contributed by atoms with Crippen LogP contribution in [0.1, 0.15) is 32.3 Å². The molecule has 0 aliphatic heterocycles. The summed E-state index contributed by atoms with van der Waals surface area (Å²) in [5, 5.41) is 9.98. The molecule has 0 aliphatic rings. The molecule has 0 spiro atoms. The highest BCUT2D eigenvalue weighted by Gasteiger charge is 2.34. The van der Waals surface area contributed by atoms with Gasteiger partial charge in [0.05, 0.1) is 5.41 Å². The molecule has 0 aliphatic carbocycles. The first-order valence-electron chi connectivity index (χ1n) is 5.52. The van der Waals surface area contributed by atoms with Crippen LogP contribution >= 0.6 is 11.6 Å². The number of hydrogen-bond acceptors (Lipinski definition) is 1. The van der Waals surface area contributed by atoms with E-state index in [1.165, 1.54) is 0 Å². The van der Waals surface area contributed by atoms with Crippen LogP contribution in [-0.4, -0.2) is 11.1 Å². The molecule has 0 unspecified atom stereocenters. The average molecular weight is 241 g/mol. The molecule has 0 fully saturated rings. The highest BCUT2D eigenvalue weighted by atomic mass is 35.5. The first kappa shape index (κ1) is 13.0. The lowest BCUT2D eigenvalue weighted by atomic mass is 9.77. The molecular formula is C13H17ClO2. The zero-order chi connectivity index (χ0) is 12.2. The maximum Gasteiger partial charge on any atom is 0.309 e. The number of carboxylic acids is 1. The highest BCUT2D eigenvalue weighted by Crippen LogP contribution is 2.31. The minimum atomic E-state index is -0.725. The fraction of sp³-hybridized carbons (Fsp3) is 0.462. The fourth-order valence-corrected chi connectivity index (χ4v) is 2.13. The number of carboxylic acid groups (broad SMARTS) is 1. The van der Waals surface area contributed by atoms with Gasteiger partial charge in [-0.15, -0.1) is 0 Å². The van der Waals surface area contributed by atoms with E-state index in [1.54, 1.807) is 6.07 Å². The molecule has 88 valence electrons. The van der Waals surface area contributed by atoms with Crippen molar-refractivity contribution in [2.24, 2.45) is 5.41 Å². The summed E-state index contributed by atoms with van der Waals surface area (Å²) in [6.45, 7) is 3.84. The minimum Gasteiger partial charge on any atom is -0.481 e. The molecule has 0 saturated heterocycles. The smallest absolute Gasteiger partial charge is 0.309 e. The Labute approximate surface area is 101 Å². The SMILES string of the molecule is CCC(CC)(Cc1cccc(Cl)c1)C(=O)O. The van der Waals surface area contributed by atoms with E-state index in [0.717, 1.165) is 5.56 Å². The molecule has 1 aromatic carbocycles. The van der Waals surface area contributed by atoms with E-state index < -0.39 is 11.4 Å². The van der Waals surface area contributed by atoms with Gasteiger partial charge >= 0.3 is 5.97 Å². The average Bonchev–Trinajstić information content (AvgIpc) is 2.25. The molecule has 0 heterocycles. The van der Waals surface area contributed by atoms with Gasteiger partial charge in [-0.2, -0.15) is 0 Å². The second-order valence-corrected chi connectivity index (χ2v) is 4.54. The van der Waals surface area contributed by atoms with Crippen molar-refractivity contribution < 1.29 is 9.90 Å². The number of aliphatic carboxylic acids is 1. The first-order chi connectivity index (χ1) is 7.54. The normalized spacial score (nSPS) is 11.4. The summed E-state index contributed by atoms with van der Waals surface area (Å²) in [5.74, 6) is -0.725. The van der Waals surface area contributed by atoms with E-state index in [9.17, 15) is 9.90 Å². The van der Waals surface area contributed by atoms with Crippen LogP contribution in [0.5, 0.6) is 0 Å². The number of halogens is 1. The van der Waals surface area contributed by atoms with E-state index in [1.807, 2.05) is 32.0 Å². The molecule has 0 bridgehead atoms. The molecular weight excluding hydrogens is 224 g/mol. The lowest BCUT2D eigenvalue weighted by molar-refractivity contribution is -0.149. The summed E-state index contributed by atoms with van der Waals surface area (Å²) in [6.07, 6.45) is 1.80. The van der Waals surface area contributed by atoms with Crippen LogP contribution in [0.4, 0.5) is 0 Å². The predicted octanol–water partition coefficient (Wildman–Crippen LogP) is 3.77. The minimum absolute atomic E-state index is 0.538. The van der Waals surface area contributed by atoms with Gasteiger partial charge in [-0.1, -0.05) is 37.6 Å². The van der Waals surface area contributed by atoms with Gasteiger partial charge in [0.15, 0.2) is 0 Å². The van der Waals surface area contributed by atoms with E-state index in [4.69, 9.17) is 11.6 Å². The molecule has 0 aromatic heterocycles. The molecule has 0 radical (unpaired) electrons. The Morgan fingerprint density at radius 1 is 1.38 bits per heavy atom. The van der Waals surface area contributed by atoms with Crippen LogP contribution in [0.15, 0.2) is 24.3 Å². The Balaban J connectivity index is 2.96. The fourth-order valence-electron chi connectivity index (χ4n) is 1.92. The molecule has 1 rings (SSSR count). The van der Waals surface area contributed by atoms with Crippen molar-refractivity contribution in [3.05, 3.63) is 34.9 Å². The van der Waals surface area contributed by atoms with Crippen molar-refractivity contribution in [1.29, 1.82) is 0 Å². The second kappa shape index (κ2) is 5.35. The molecule has 16 heavy (non-hydrogen) atoms. The maximum atomic E-state index is 11.3. The zero-order valence-electron chi connectivity index (χ0n) is 9.66. The van der Waals surface area contributed by atoms with Crippen LogP contribution in [0.25, 0.3) is 0 Å². The summed E-state index contributed by atoms with van der Waals surface area (Å²) in [5.41, 5.74) is 0.323. The standard InChI is InChI=1S/C13H17ClO2/c1-3-13(4-2,12(15)16)9-10-6-5-7-11(14)8-10/h5-8H,3-4,9H2,1-2H3,(H,15,16). The van der Waals surface area contributed by atoms with Crippen molar-refractivity contribution in [3.8, 4) is 0 Å². The topological polar surface area (TPSA) is 37.3 Å². The summed E-state index contributed by atoms with van der Waals surface area (Å²) in [7, 11) is 0. The summed E-state index contributed by atoms with van der Waals surface area (Å²) >= 11 is 5.89. The van der Waals surface area contributed by atoms with Gasteiger partial charge in [-0.05, 0) is 37.0 Å². The van der Waals surface area contributed by atoms with Crippen molar-refractivity contribution in [2.45, 2.75) is 33.1 Å². The van der Waals surface area contributed by atoms with Crippen molar-refractivity contribution in [1.82, 2.24) is 0 Å². The Kier molecular flexibility index (Phi) is 4.36. The van der Waals surface area contributed by atoms with Gasteiger partial charge < -0.3 is 5.11 Å². The van der Waals surface area contributed by atoms with Crippen LogP contribution in [-0.2, 0) is 11.2 Å². The monoisotopic (exact) mass is 240 g/mol. The summed E-state index contributed by atoms with van der Waals surface area (Å²) in [6, 6.07) is 7.42. The van der Waals surface area contributed by atoms with Gasteiger partial charge in [-0.3, -0.25) is 4.79 Å². The second-order valence-electron chi connectivity index (χ2n) is 4.10. The lowest BCUT2D eigenvalue weighted by Crippen LogP contribution is -2.32. The van der Waals surface area contributed by atoms with E-state index in [2.05, 4.69) is 0 Å². The number of rotatable bonds is 5. The Morgan fingerprint density at radius 3 is 2.44 bits per heavy atom. The molecule has 1 aromatic rings. The van der Waals surface area contributed by atoms with Gasteiger partial charge in [0.1, 0.15) is 0 Å². The Bertz CT molecular complexity index is 370. The molecule has 0 atom stereocenters. The predicted molar refractivity (Wildman–Crippen MR) is 65.8 cm³/mol. The van der Waals surface area contributed by atoms with Gasteiger partial charge in [0, 0.05) is 5.02 Å². The van der Waals surface area contributed by atoms with Crippen LogP contribution in [0.3, 0.4) is 0 Å². The van der Waals surface area contributed by atoms with Crippen molar-refractivity contribution >= 4 is 17.6 Å². The summed E-state index contributed by atoms with van der Waals surface area (Å²) in [4.78, 5) is 11.3. The van der Waals surface area contributed by atoms with Gasteiger partial charge in [0.25, 0.3) is 0 Å². The van der Waals surface area contributed by atoms with E-state index >= 15 is 0 Å². The Hall–Kier alpha value is -1.02. The van der Waals surface area contributed by atoms with Gasteiger partial charge in [-0.25, -0.2) is 0 Å². The number of benzene rings is 1. The number of carbonyl (C=O) groups is 1. The maximum absolute atomic E-state index is 11.3. The number of hydrogen-bond donors (Lipinski definition) is 1. The van der Waals surface area contributed by atoms with Crippen molar-refractivity contribution in [3.63, 3.8) is 0 Å². The van der Waals surface area contributed by atoms with E-state index in [0.29, 0.717) is 24.3 Å². The lowest BCUT2D eigenvalue weighted by Gasteiger charge is -2.26. The van der Waals surface area contributed by atoms with Crippen LogP contribution in [0.2, 0.25) is 5.02 Å². The van der Waals surface area contributed by atoms with Crippen LogP contribution in [0, 0.1) is 5.41 Å². The summed E-state index contributed by atoms with van der Waals surface area (Å²) < 4.78 is 0. The highest BCUT2D eigenvalue weighted by molar-refractivity contribution is 6.30. The molecule has 3 heteroatoms. The third-order valence-corrected chi connectivity index (χ3v) is 3.47. The first-order valence-corrected chi connectivity index (χ1v) is 5.89. The van der Waals surface area contributed by atoms with Gasteiger partial charge in [0.2, 0.25) is 0 Å². The van der Waals surface area contributed by atoms with E-state index in [-0.39, 0.29) is 0 Å². The largest absolute Gasteiger partial charge is 0.481 e. The third-order valence-electron chi connectivity index (χ3n) is 3.24. The Morgan fingerprint density at radius 2 is 2.00 bits per heavy atom. The molecule has 0 saturated carbocycles. The van der Waals surface area contributed by atoms with Crippen molar-refractivity contribution in [2.75, 3.05) is 0 Å².